The van der Waals surface area contributed by atoms with Crippen molar-refractivity contribution in [1.29, 1.82) is 0 Å². The molecule has 0 amide bonds. The highest BCUT2D eigenvalue weighted by atomic mass is 32.3. The second-order valence-electron chi connectivity index (χ2n) is 9.40. The predicted octanol–water partition coefficient (Wildman–Crippen LogP) is 7.89. The summed E-state index contributed by atoms with van der Waals surface area (Å²) < 4.78 is 29.2. The molecule has 0 unspecified atom stereocenters. The summed E-state index contributed by atoms with van der Waals surface area (Å²) in [7, 11) is -3.12. The van der Waals surface area contributed by atoms with Gasteiger partial charge in [0.1, 0.15) is 5.75 Å². The maximum atomic E-state index is 11.7. The summed E-state index contributed by atoms with van der Waals surface area (Å²) in [5.74, 6) is -0.106. The van der Waals surface area contributed by atoms with Crippen molar-refractivity contribution in [2.75, 3.05) is 30.1 Å². The lowest BCUT2D eigenvalue weighted by Crippen LogP contribution is -2.37. The molecule has 0 radical (unpaired) electrons. The fourth-order valence-corrected chi connectivity index (χ4v) is 7.60. The molecule has 2 aromatic rings. The number of hydrogen-bond donors (Lipinski definition) is 3. The van der Waals surface area contributed by atoms with Crippen LogP contribution < -0.4 is 9.64 Å². The number of aliphatic carboxylic acids is 1. The van der Waals surface area contributed by atoms with Crippen molar-refractivity contribution in [3.8, 4) is 5.75 Å². The van der Waals surface area contributed by atoms with Crippen LogP contribution in [0.2, 0.25) is 0 Å². The van der Waals surface area contributed by atoms with Gasteiger partial charge in [0.25, 0.3) is 0 Å². The number of anilines is 2. The van der Waals surface area contributed by atoms with Crippen molar-refractivity contribution in [2.24, 2.45) is 5.41 Å². The van der Waals surface area contributed by atoms with Gasteiger partial charge in [-0.25, -0.2) is 0 Å². The zero-order chi connectivity index (χ0) is 25.5. The summed E-state index contributed by atoms with van der Waals surface area (Å²) in [6, 6.07) is 13.9. The van der Waals surface area contributed by atoms with Crippen LogP contribution in [0, 0.1) is 5.41 Å². The molecule has 0 atom stereocenters. The fourth-order valence-electron chi connectivity index (χ4n) is 4.86. The van der Waals surface area contributed by atoms with Crippen LogP contribution in [0.1, 0.15) is 58.8 Å². The van der Waals surface area contributed by atoms with Gasteiger partial charge in [0, 0.05) is 29.5 Å². The zero-order valence-electron chi connectivity index (χ0n) is 21.0. The lowest BCUT2D eigenvalue weighted by molar-refractivity contribution is -0.137. The van der Waals surface area contributed by atoms with Gasteiger partial charge in [-0.15, -0.1) is 11.8 Å². The average molecular weight is 522 g/mol. The molecule has 1 heterocycles. The molecule has 0 saturated heterocycles. The van der Waals surface area contributed by atoms with E-state index in [9.17, 15) is 13.9 Å². The number of fused-ring (bicyclic) bond motifs is 1. The van der Waals surface area contributed by atoms with Crippen molar-refractivity contribution < 1.29 is 23.7 Å². The Morgan fingerprint density at radius 1 is 1.11 bits per heavy atom. The van der Waals surface area contributed by atoms with Gasteiger partial charge in [-0.05, 0) is 37.3 Å². The van der Waals surface area contributed by atoms with E-state index in [4.69, 9.17) is 9.84 Å². The van der Waals surface area contributed by atoms with Gasteiger partial charge >= 0.3 is 5.97 Å². The molecule has 0 spiro atoms. The van der Waals surface area contributed by atoms with Crippen molar-refractivity contribution in [2.45, 2.75) is 68.6 Å². The number of rotatable bonds is 12. The topological polar surface area (TPSA) is 90.2 Å². The third-order valence-corrected chi connectivity index (χ3v) is 9.46. The lowest BCUT2D eigenvalue weighted by Gasteiger charge is -2.42. The summed E-state index contributed by atoms with van der Waals surface area (Å²) in [4.78, 5) is 14.6. The average Bonchev–Trinajstić information content (AvgIpc) is 2.93. The van der Waals surface area contributed by atoms with Crippen LogP contribution >= 0.6 is 22.4 Å². The Balaban J connectivity index is 2.16. The normalized spacial score (nSPS) is 17.3. The molecule has 8 heteroatoms. The number of carboxylic acids is 1. The van der Waals surface area contributed by atoms with E-state index in [0.29, 0.717) is 22.9 Å². The van der Waals surface area contributed by atoms with Crippen molar-refractivity contribution >= 4 is 39.7 Å². The largest absolute Gasteiger partial charge is 0.492 e. The van der Waals surface area contributed by atoms with Crippen molar-refractivity contribution in [3.05, 3.63) is 42.5 Å². The summed E-state index contributed by atoms with van der Waals surface area (Å²) in [5, 5.41) is 9.02. The first-order chi connectivity index (χ1) is 16.7. The quantitative estimate of drug-likeness (QED) is 0.245. The van der Waals surface area contributed by atoms with Gasteiger partial charge in [0.05, 0.1) is 28.5 Å². The Labute approximate surface area is 215 Å². The van der Waals surface area contributed by atoms with Crippen LogP contribution in [0.25, 0.3) is 0 Å². The van der Waals surface area contributed by atoms with Crippen LogP contribution in [0.5, 0.6) is 5.75 Å². The van der Waals surface area contributed by atoms with Crippen LogP contribution in [-0.2, 0) is 4.79 Å². The van der Waals surface area contributed by atoms with E-state index in [0.717, 1.165) is 54.8 Å². The van der Waals surface area contributed by atoms with E-state index < -0.39 is 16.6 Å². The maximum Gasteiger partial charge on any atom is 0.306 e. The van der Waals surface area contributed by atoms with E-state index >= 15 is 0 Å². The molecule has 0 bridgehead atoms. The minimum Gasteiger partial charge on any atom is -0.492 e. The molecule has 0 fully saturated rings. The Morgan fingerprint density at radius 2 is 1.77 bits per heavy atom. The first kappa shape index (κ1) is 27.7. The lowest BCUT2D eigenvalue weighted by atomic mass is 9.79. The van der Waals surface area contributed by atoms with E-state index in [-0.39, 0.29) is 18.4 Å². The number of para-hydroxylation sites is 1. The van der Waals surface area contributed by atoms with Gasteiger partial charge in [0.2, 0.25) is 0 Å². The second kappa shape index (κ2) is 12.4. The molecular formula is C27H39NO5S2. The third kappa shape index (κ3) is 6.88. The van der Waals surface area contributed by atoms with E-state index in [1.54, 1.807) is 6.07 Å². The van der Waals surface area contributed by atoms with Crippen LogP contribution in [-0.4, -0.2) is 45.3 Å². The molecular weight excluding hydrogens is 482 g/mol. The molecule has 1 aliphatic rings. The number of carbonyl (C=O) groups is 1. The molecule has 0 aromatic heterocycles. The highest BCUT2D eigenvalue weighted by Gasteiger charge is 2.42. The van der Waals surface area contributed by atoms with Crippen molar-refractivity contribution in [3.63, 3.8) is 0 Å². The highest BCUT2D eigenvalue weighted by Crippen LogP contribution is 2.62. The Bertz CT molecular complexity index is 975. The first-order valence-corrected chi connectivity index (χ1v) is 15.3. The van der Waals surface area contributed by atoms with Crippen LogP contribution in [0.3, 0.4) is 0 Å². The number of benzene rings is 2. The Morgan fingerprint density at radius 3 is 2.34 bits per heavy atom. The second-order valence-corrected chi connectivity index (χ2v) is 12.3. The molecule has 35 heavy (non-hydrogen) atoms. The van der Waals surface area contributed by atoms with Gasteiger partial charge in [-0.3, -0.25) is 13.9 Å². The number of hydrogen-bond acceptors (Lipinski definition) is 6. The van der Waals surface area contributed by atoms with Crippen molar-refractivity contribution in [1.82, 2.24) is 0 Å². The maximum absolute atomic E-state index is 11.7. The predicted molar refractivity (Wildman–Crippen MR) is 147 cm³/mol. The summed E-state index contributed by atoms with van der Waals surface area (Å²) >= 11 is 1.51. The Kier molecular flexibility index (Phi) is 9.81. The molecule has 3 rings (SSSR count). The molecule has 2 aromatic carbocycles. The molecule has 0 saturated carbocycles. The monoisotopic (exact) mass is 521 g/mol. The first-order valence-electron chi connectivity index (χ1n) is 12.4. The molecule has 0 aliphatic carbocycles. The minimum absolute atomic E-state index is 0.0280. The Hall–Kier alpha value is -1.87. The van der Waals surface area contributed by atoms with Gasteiger partial charge in [-0.2, -0.15) is 10.6 Å². The smallest absolute Gasteiger partial charge is 0.306 e. The minimum atomic E-state index is -3.12. The van der Waals surface area contributed by atoms with E-state index in [1.165, 1.54) is 11.8 Å². The summed E-state index contributed by atoms with van der Waals surface area (Å²) in [6.45, 7) is 5.10. The molecule has 3 N–H and O–H groups in total. The summed E-state index contributed by atoms with van der Waals surface area (Å²) in [6.07, 6.45) is 7.90. The fraction of sp³-hybridized carbons (Fsp3) is 0.519. The standard InChI is InChI=1S/C27H39NO5S2/c1-4-6-14-27(15-7-5-2)19-28(21-11-9-8-10-12-21)22-17-24(34-3)23(33-16-13-26(29)30)18-25(22)35(31,32)20-27/h8-12,17-18,31-32H,4-7,13-16,19-20H2,1-3H3,(H,29,30). The van der Waals surface area contributed by atoms with Crippen LogP contribution in [0.15, 0.2) is 52.3 Å². The SMILES string of the molecule is CCCCC1(CCCC)CN(c2ccccc2)c2cc(SC)c(OCCC(=O)O)cc2S(O)(O)C1. The zero-order valence-corrected chi connectivity index (χ0v) is 22.7. The summed E-state index contributed by atoms with van der Waals surface area (Å²) in [5.41, 5.74) is 1.58. The number of thioether (sulfide) groups is 1. The number of nitrogens with zero attached hydrogens (tertiary/aromatic N) is 1. The van der Waals surface area contributed by atoms with Gasteiger partial charge in [0.15, 0.2) is 0 Å². The van der Waals surface area contributed by atoms with Gasteiger partial charge < -0.3 is 14.7 Å². The van der Waals surface area contributed by atoms with Crippen LogP contribution in [0.4, 0.5) is 11.4 Å². The van der Waals surface area contributed by atoms with E-state index in [2.05, 4.69) is 30.9 Å². The molecule has 1 aliphatic heterocycles. The number of ether oxygens (including phenoxy) is 1. The third-order valence-electron chi connectivity index (χ3n) is 6.65. The molecule has 6 nitrogen and oxygen atoms in total. The number of unbranched alkanes of at least 4 members (excludes halogenated alkanes) is 2. The highest BCUT2D eigenvalue weighted by molar-refractivity contribution is 8.24. The molecule has 194 valence electrons. The van der Waals surface area contributed by atoms with E-state index in [1.807, 2.05) is 30.5 Å². The van der Waals surface area contributed by atoms with Gasteiger partial charge in [-0.1, -0.05) is 57.7 Å². The number of carboxylic acid groups (broad SMARTS) is 1.